The van der Waals surface area contributed by atoms with Crippen LogP contribution in [0.3, 0.4) is 0 Å². The first kappa shape index (κ1) is 20.6. The summed E-state index contributed by atoms with van der Waals surface area (Å²) in [6.07, 6.45) is 3.52. The minimum Gasteiger partial charge on any atom is -0.314 e. The molecule has 1 saturated heterocycles. The normalized spacial score (nSPS) is 16.7. The van der Waals surface area contributed by atoms with E-state index in [0.717, 1.165) is 38.2 Å². The van der Waals surface area contributed by atoms with E-state index in [9.17, 15) is 4.39 Å². The summed E-state index contributed by atoms with van der Waals surface area (Å²) < 4.78 is 13.8. The average molecular weight is 337 g/mol. The highest BCUT2D eigenvalue weighted by molar-refractivity contribution is 5.85. The Balaban J connectivity index is 0.00000200. The minimum atomic E-state index is -0.0749. The van der Waals surface area contributed by atoms with Gasteiger partial charge in [0.15, 0.2) is 0 Å². The predicted octanol–water partition coefficient (Wildman–Crippen LogP) is 4.11. The van der Waals surface area contributed by atoms with E-state index in [1.165, 1.54) is 18.4 Å². The second-order valence-corrected chi connectivity index (χ2v) is 5.40. The van der Waals surface area contributed by atoms with Gasteiger partial charge in [0.1, 0.15) is 5.82 Å². The Hall–Kier alpha value is -0.350. The molecule has 0 amide bonds. The van der Waals surface area contributed by atoms with Crippen molar-refractivity contribution in [1.82, 2.24) is 10.2 Å². The molecule has 1 N–H and O–H groups in total. The van der Waals surface area contributed by atoms with E-state index in [4.69, 9.17) is 0 Å². The third-order valence-electron chi connectivity index (χ3n) is 4.09. The van der Waals surface area contributed by atoms with E-state index in [-0.39, 0.29) is 30.6 Å². The molecule has 2 rings (SSSR count). The number of piperazine rings is 1. The van der Waals surface area contributed by atoms with E-state index >= 15 is 0 Å². The summed E-state index contributed by atoms with van der Waals surface area (Å²) in [7, 11) is 0. The number of nitrogens with one attached hydrogen (secondary N) is 1. The lowest BCUT2D eigenvalue weighted by molar-refractivity contribution is 0.162. The molecule has 0 saturated carbocycles. The average Bonchev–Trinajstić information content (AvgIpc) is 2.45. The van der Waals surface area contributed by atoms with Crippen LogP contribution in [0.15, 0.2) is 18.2 Å². The first-order valence-electron chi connectivity index (χ1n) is 7.43. The molecule has 2 nitrogen and oxygen atoms in total. The van der Waals surface area contributed by atoms with E-state index < -0.39 is 0 Å². The van der Waals surface area contributed by atoms with Crippen molar-refractivity contribution in [3.05, 3.63) is 35.1 Å². The molecule has 1 aromatic rings. The maximum absolute atomic E-state index is 13.8. The van der Waals surface area contributed by atoms with Crippen LogP contribution >= 0.6 is 24.8 Å². The molecule has 5 heteroatoms. The van der Waals surface area contributed by atoms with Gasteiger partial charge in [0.25, 0.3) is 0 Å². The summed E-state index contributed by atoms with van der Waals surface area (Å²) in [6.45, 7) is 8.32. The van der Waals surface area contributed by atoms with Crippen molar-refractivity contribution in [2.24, 2.45) is 0 Å². The number of hydrogen-bond acceptors (Lipinski definition) is 2. The molecule has 1 heterocycles. The minimum absolute atomic E-state index is 0. The number of hydrogen-bond donors (Lipinski definition) is 1. The van der Waals surface area contributed by atoms with Gasteiger partial charge in [0, 0.05) is 32.2 Å². The summed E-state index contributed by atoms with van der Waals surface area (Å²) in [5.41, 5.74) is 2.00. The van der Waals surface area contributed by atoms with Crippen LogP contribution in [-0.2, 0) is 0 Å². The van der Waals surface area contributed by atoms with Gasteiger partial charge in [-0.05, 0) is 30.5 Å². The number of nitrogens with zero attached hydrogens (tertiary/aromatic N) is 1. The zero-order chi connectivity index (χ0) is 13.7. The van der Waals surface area contributed by atoms with Gasteiger partial charge in [-0.1, -0.05) is 31.9 Å². The summed E-state index contributed by atoms with van der Waals surface area (Å²) in [6, 6.07) is 5.88. The molecule has 1 aromatic carbocycles. The van der Waals surface area contributed by atoms with Crippen molar-refractivity contribution in [2.75, 3.05) is 26.2 Å². The predicted molar refractivity (Wildman–Crippen MR) is 92.3 cm³/mol. The van der Waals surface area contributed by atoms with Gasteiger partial charge in [-0.25, -0.2) is 4.39 Å². The van der Waals surface area contributed by atoms with E-state index in [0.29, 0.717) is 6.04 Å². The topological polar surface area (TPSA) is 15.3 Å². The van der Waals surface area contributed by atoms with Crippen molar-refractivity contribution >= 4 is 24.8 Å². The molecule has 0 radical (unpaired) electrons. The first-order chi connectivity index (χ1) is 9.24. The van der Waals surface area contributed by atoms with Gasteiger partial charge in [-0.2, -0.15) is 0 Å². The molecular formula is C16H27Cl2FN2. The fraction of sp³-hybridized carbons (Fsp3) is 0.625. The Morgan fingerprint density at radius 1 is 1.24 bits per heavy atom. The monoisotopic (exact) mass is 336 g/mol. The number of benzene rings is 1. The van der Waals surface area contributed by atoms with Crippen LogP contribution < -0.4 is 5.32 Å². The van der Waals surface area contributed by atoms with E-state index in [2.05, 4.69) is 23.2 Å². The molecule has 1 fully saturated rings. The maximum atomic E-state index is 13.8. The standard InChI is InChI=1S/C16H25FN2.2ClH/c1-3-4-8-16(19-11-9-18-10-12-19)14-6-5-7-15(17)13(14)2;;/h5-7,16,18H,3-4,8-12H2,1-2H3;2*1H/t16-;;/m0../s1. The molecule has 0 aliphatic carbocycles. The van der Waals surface area contributed by atoms with Crippen LogP contribution in [0.1, 0.15) is 43.4 Å². The van der Waals surface area contributed by atoms with Crippen LogP contribution in [0.25, 0.3) is 0 Å². The van der Waals surface area contributed by atoms with Gasteiger partial charge < -0.3 is 5.32 Å². The molecule has 0 spiro atoms. The first-order valence-corrected chi connectivity index (χ1v) is 7.43. The van der Waals surface area contributed by atoms with Crippen molar-refractivity contribution in [1.29, 1.82) is 0 Å². The van der Waals surface area contributed by atoms with Crippen LogP contribution in [0.5, 0.6) is 0 Å². The maximum Gasteiger partial charge on any atom is 0.126 e. The van der Waals surface area contributed by atoms with Crippen LogP contribution in [0.2, 0.25) is 0 Å². The van der Waals surface area contributed by atoms with Gasteiger partial charge in [0.2, 0.25) is 0 Å². The van der Waals surface area contributed by atoms with E-state index in [1.54, 1.807) is 6.07 Å². The lowest BCUT2D eigenvalue weighted by Crippen LogP contribution is -2.45. The zero-order valence-corrected chi connectivity index (χ0v) is 14.5. The van der Waals surface area contributed by atoms with Crippen molar-refractivity contribution in [3.63, 3.8) is 0 Å². The molecule has 0 aromatic heterocycles. The molecule has 1 aliphatic rings. The molecule has 0 bridgehead atoms. The number of rotatable bonds is 5. The van der Waals surface area contributed by atoms with Gasteiger partial charge in [-0.15, -0.1) is 24.8 Å². The highest BCUT2D eigenvalue weighted by atomic mass is 35.5. The Labute approximate surface area is 140 Å². The van der Waals surface area contributed by atoms with E-state index in [1.807, 2.05) is 13.0 Å². The molecule has 0 unspecified atom stereocenters. The quantitative estimate of drug-likeness (QED) is 0.870. The SMILES string of the molecule is CCCC[C@@H](c1cccc(F)c1C)N1CCNCC1.Cl.Cl. The summed E-state index contributed by atoms with van der Waals surface area (Å²) >= 11 is 0. The molecule has 1 atom stereocenters. The fourth-order valence-corrected chi connectivity index (χ4v) is 2.91. The second kappa shape index (κ2) is 10.4. The van der Waals surface area contributed by atoms with Gasteiger partial charge in [-0.3, -0.25) is 4.90 Å². The summed E-state index contributed by atoms with van der Waals surface area (Å²) in [4.78, 5) is 2.51. The lowest BCUT2D eigenvalue weighted by Gasteiger charge is -2.36. The summed E-state index contributed by atoms with van der Waals surface area (Å²) in [5, 5.41) is 3.39. The fourth-order valence-electron chi connectivity index (χ4n) is 2.91. The van der Waals surface area contributed by atoms with Crippen LogP contribution in [0.4, 0.5) is 4.39 Å². The lowest BCUT2D eigenvalue weighted by atomic mass is 9.94. The molecule has 1 aliphatic heterocycles. The van der Waals surface area contributed by atoms with Crippen LogP contribution in [-0.4, -0.2) is 31.1 Å². The molecular weight excluding hydrogens is 310 g/mol. The number of halogens is 3. The van der Waals surface area contributed by atoms with Crippen molar-refractivity contribution in [2.45, 2.75) is 39.2 Å². The smallest absolute Gasteiger partial charge is 0.126 e. The third-order valence-corrected chi connectivity index (χ3v) is 4.09. The molecule has 21 heavy (non-hydrogen) atoms. The van der Waals surface area contributed by atoms with Gasteiger partial charge in [0.05, 0.1) is 0 Å². The summed E-state index contributed by atoms with van der Waals surface area (Å²) in [5.74, 6) is -0.0749. The zero-order valence-electron chi connectivity index (χ0n) is 12.9. The third kappa shape index (κ3) is 5.41. The Morgan fingerprint density at radius 2 is 1.90 bits per heavy atom. The van der Waals surface area contributed by atoms with Gasteiger partial charge >= 0.3 is 0 Å². The largest absolute Gasteiger partial charge is 0.314 e. The Bertz CT molecular complexity index is 409. The van der Waals surface area contributed by atoms with Crippen molar-refractivity contribution < 1.29 is 4.39 Å². The second-order valence-electron chi connectivity index (χ2n) is 5.40. The Morgan fingerprint density at radius 3 is 2.52 bits per heavy atom. The highest BCUT2D eigenvalue weighted by Gasteiger charge is 2.23. The Kier molecular flexibility index (Phi) is 10.2. The van der Waals surface area contributed by atoms with Crippen molar-refractivity contribution in [3.8, 4) is 0 Å². The van der Waals surface area contributed by atoms with Crippen LogP contribution in [0, 0.1) is 12.7 Å². The molecule has 122 valence electrons. The highest BCUT2D eigenvalue weighted by Crippen LogP contribution is 2.30. The number of unbranched alkanes of at least 4 members (excludes halogenated alkanes) is 1.